The Morgan fingerprint density at radius 2 is 1.29 bits per heavy atom. The molecule has 2 aliphatic rings. The van der Waals surface area contributed by atoms with Crippen molar-refractivity contribution in [3.05, 3.63) is 53.7 Å². The number of piperazine rings is 2. The van der Waals surface area contributed by atoms with Gasteiger partial charge >= 0.3 is 0 Å². The van der Waals surface area contributed by atoms with E-state index in [0.29, 0.717) is 26.2 Å². The quantitative estimate of drug-likeness (QED) is 0.713. The second kappa shape index (κ2) is 10.0. The predicted octanol–water partition coefficient (Wildman–Crippen LogP) is 2.51. The van der Waals surface area contributed by atoms with Crippen molar-refractivity contribution in [1.82, 2.24) is 14.8 Å². The van der Waals surface area contributed by atoms with Crippen molar-refractivity contribution in [2.45, 2.75) is 12.8 Å². The molecule has 31 heavy (non-hydrogen) atoms. The number of hydrogen-bond donors (Lipinski definition) is 0. The summed E-state index contributed by atoms with van der Waals surface area (Å²) in [5.74, 6) is 1.06. The monoisotopic (exact) mass is 441 g/mol. The number of amides is 2. The highest BCUT2D eigenvalue weighted by atomic mass is 35.5. The van der Waals surface area contributed by atoms with E-state index in [1.807, 2.05) is 52.3 Å². The molecule has 8 heteroatoms. The number of rotatable bonds is 5. The first-order valence-electron chi connectivity index (χ1n) is 10.8. The Morgan fingerprint density at radius 1 is 0.742 bits per heavy atom. The second-order valence-electron chi connectivity index (χ2n) is 7.88. The van der Waals surface area contributed by atoms with Crippen LogP contribution in [-0.2, 0) is 9.59 Å². The molecule has 1 aromatic heterocycles. The molecule has 1 aromatic carbocycles. The molecule has 0 saturated carbocycles. The van der Waals surface area contributed by atoms with Gasteiger partial charge in [0, 0.05) is 71.4 Å². The molecule has 0 radical (unpaired) electrons. The molecule has 2 aliphatic heterocycles. The van der Waals surface area contributed by atoms with Gasteiger partial charge in [0.05, 0.1) is 10.7 Å². The zero-order valence-electron chi connectivity index (χ0n) is 17.6. The highest BCUT2D eigenvalue weighted by Gasteiger charge is 2.25. The normalized spacial score (nSPS) is 17.1. The summed E-state index contributed by atoms with van der Waals surface area (Å²) in [6.07, 6.45) is 2.32. The number of anilines is 2. The van der Waals surface area contributed by atoms with Gasteiger partial charge in [-0.05, 0) is 24.3 Å². The zero-order chi connectivity index (χ0) is 21.6. The lowest BCUT2D eigenvalue weighted by Gasteiger charge is -2.37. The van der Waals surface area contributed by atoms with Crippen molar-refractivity contribution in [3.8, 4) is 0 Å². The lowest BCUT2D eigenvalue weighted by Crippen LogP contribution is -2.50. The number of hydrogen-bond acceptors (Lipinski definition) is 5. The van der Waals surface area contributed by atoms with Crippen LogP contribution in [0, 0.1) is 0 Å². The number of carbonyl (C=O) groups is 2. The van der Waals surface area contributed by atoms with E-state index in [2.05, 4.69) is 14.8 Å². The SMILES string of the molecule is O=C(CCC(=O)N1CCN(c2ccccc2Cl)CC1)N1CCN(c2ccccn2)CC1. The zero-order valence-corrected chi connectivity index (χ0v) is 18.4. The topological polar surface area (TPSA) is 60.0 Å². The molecule has 0 atom stereocenters. The summed E-state index contributed by atoms with van der Waals surface area (Å²) in [5.41, 5.74) is 1.01. The minimum atomic E-state index is 0.0549. The molecular formula is C23H28ClN5O2. The van der Waals surface area contributed by atoms with E-state index in [1.165, 1.54) is 0 Å². The molecule has 0 unspecified atom stereocenters. The Morgan fingerprint density at radius 3 is 1.84 bits per heavy atom. The first kappa shape index (κ1) is 21.4. The average molecular weight is 442 g/mol. The number of para-hydroxylation sites is 1. The van der Waals surface area contributed by atoms with Crippen molar-refractivity contribution >= 4 is 34.9 Å². The largest absolute Gasteiger partial charge is 0.367 e. The molecular weight excluding hydrogens is 414 g/mol. The number of benzene rings is 1. The Kier molecular flexibility index (Phi) is 6.92. The van der Waals surface area contributed by atoms with E-state index in [1.54, 1.807) is 6.20 Å². The first-order valence-corrected chi connectivity index (χ1v) is 11.2. The predicted molar refractivity (Wildman–Crippen MR) is 123 cm³/mol. The fourth-order valence-electron chi connectivity index (χ4n) is 4.16. The third-order valence-electron chi connectivity index (χ3n) is 5.98. The number of carbonyl (C=O) groups excluding carboxylic acids is 2. The maximum atomic E-state index is 12.6. The van der Waals surface area contributed by atoms with Gasteiger partial charge in [-0.15, -0.1) is 0 Å². The summed E-state index contributed by atoms with van der Waals surface area (Å²) in [5, 5.41) is 0.732. The summed E-state index contributed by atoms with van der Waals surface area (Å²) in [7, 11) is 0. The van der Waals surface area contributed by atoms with Crippen LogP contribution in [0.15, 0.2) is 48.7 Å². The van der Waals surface area contributed by atoms with Crippen LogP contribution in [-0.4, -0.2) is 79.0 Å². The highest BCUT2D eigenvalue weighted by molar-refractivity contribution is 6.33. The van der Waals surface area contributed by atoms with Gasteiger partial charge in [0.2, 0.25) is 11.8 Å². The number of nitrogens with zero attached hydrogens (tertiary/aromatic N) is 5. The molecule has 0 spiro atoms. The van der Waals surface area contributed by atoms with Crippen molar-refractivity contribution < 1.29 is 9.59 Å². The van der Waals surface area contributed by atoms with Gasteiger partial charge < -0.3 is 19.6 Å². The second-order valence-corrected chi connectivity index (χ2v) is 8.28. The van der Waals surface area contributed by atoms with E-state index in [9.17, 15) is 9.59 Å². The number of aromatic nitrogens is 1. The summed E-state index contributed by atoms with van der Waals surface area (Å²) < 4.78 is 0. The smallest absolute Gasteiger partial charge is 0.223 e. The Labute approximate surface area is 188 Å². The van der Waals surface area contributed by atoms with Crippen LogP contribution >= 0.6 is 11.6 Å². The number of pyridine rings is 1. The molecule has 7 nitrogen and oxygen atoms in total. The molecule has 0 bridgehead atoms. The van der Waals surface area contributed by atoms with E-state index in [0.717, 1.165) is 42.7 Å². The summed E-state index contributed by atoms with van der Waals surface area (Å²) in [6, 6.07) is 13.6. The van der Waals surface area contributed by atoms with E-state index >= 15 is 0 Å². The van der Waals surface area contributed by atoms with Crippen LogP contribution in [0.25, 0.3) is 0 Å². The minimum absolute atomic E-state index is 0.0549. The van der Waals surface area contributed by atoms with Crippen molar-refractivity contribution in [1.29, 1.82) is 0 Å². The molecule has 2 fully saturated rings. The summed E-state index contributed by atoms with van der Waals surface area (Å²) in [6.45, 7) is 5.67. The highest BCUT2D eigenvalue weighted by Crippen LogP contribution is 2.26. The number of halogens is 1. The third-order valence-corrected chi connectivity index (χ3v) is 6.30. The van der Waals surface area contributed by atoms with Gasteiger partial charge in [-0.3, -0.25) is 9.59 Å². The van der Waals surface area contributed by atoms with Gasteiger partial charge in [0.15, 0.2) is 0 Å². The molecule has 2 saturated heterocycles. The van der Waals surface area contributed by atoms with Crippen LogP contribution < -0.4 is 9.80 Å². The van der Waals surface area contributed by atoms with Gasteiger partial charge in [0.25, 0.3) is 0 Å². The van der Waals surface area contributed by atoms with Gasteiger partial charge in [-0.2, -0.15) is 0 Å². The molecule has 3 heterocycles. The molecule has 164 valence electrons. The maximum absolute atomic E-state index is 12.6. The molecule has 4 rings (SSSR count). The molecule has 0 aliphatic carbocycles. The minimum Gasteiger partial charge on any atom is -0.367 e. The first-order chi connectivity index (χ1) is 15.1. The summed E-state index contributed by atoms with van der Waals surface area (Å²) >= 11 is 6.29. The Bertz CT molecular complexity index is 894. The molecule has 2 aromatic rings. The molecule has 0 N–H and O–H groups in total. The third kappa shape index (κ3) is 5.28. The van der Waals surface area contributed by atoms with Gasteiger partial charge in [-0.1, -0.05) is 29.8 Å². The molecule has 2 amide bonds. The Hall–Kier alpha value is -2.80. The van der Waals surface area contributed by atoms with E-state index in [-0.39, 0.29) is 24.7 Å². The van der Waals surface area contributed by atoms with Crippen molar-refractivity contribution in [3.63, 3.8) is 0 Å². The Balaban J connectivity index is 1.19. The standard InChI is InChI=1S/C23H28ClN5O2/c24-19-5-1-2-6-20(19)26-11-15-28(16-12-26)22(30)8-9-23(31)29-17-13-27(14-18-29)21-7-3-4-10-25-21/h1-7,10H,8-9,11-18H2. The fraction of sp³-hybridized carbons (Fsp3) is 0.435. The fourth-order valence-corrected chi connectivity index (χ4v) is 4.42. The van der Waals surface area contributed by atoms with Crippen LogP contribution in [0.2, 0.25) is 5.02 Å². The van der Waals surface area contributed by atoms with Gasteiger partial charge in [0.1, 0.15) is 5.82 Å². The average Bonchev–Trinajstić information content (AvgIpc) is 2.83. The summed E-state index contributed by atoms with van der Waals surface area (Å²) in [4.78, 5) is 37.7. The van der Waals surface area contributed by atoms with Crippen LogP contribution in [0.5, 0.6) is 0 Å². The van der Waals surface area contributed by atoms with E-state index < -0.39 is 0 Å². The van der Waals surface area contributed by atoms with Crippen LogP contribution in [0.1, 0.15) is 12.8 Å². The lowest BCUT2D eigenvalue weighted by molar-refractivity contribution is -0.137. The maximum Gasteiger partial charge on any atom is 0.223 e. The lowest BCUT2D eigenvalue weighted by atomic mass is 10.2. The van der Waals surface area contributed by atoms with Crippen molar-refractivity contribution in [2.24, 2.45) is 0 Å². The van der Waals surface area contributed by atoms with Gasteiger partial charge in [-0.25, -0.2) is 4.98 Å². The van der Waals surface area contributed by atoms with Crippen LogP contribution in [0.3, 0.4) is 0 Å². The van der Waals surface area contributed by atoms with Crippen molar-refractivity contribution in [2.75, 3.05) is 62.2 Å². The van der Waals surface area contributed by atoms with E-state index in [4.69, 9.17) is 11.6 Å². The van der Waals surface area contributed by atoms with Crippen LogP contribution in [0.4, 0.5) is 11.5 Å².